The number of fused-ring (bicyclic) bond motifs is 1. The molecule has 8 heteroatoms. The zero-order valence-electron chi connectivity index (χ0n) is 18.4. The number of hydrogen-bond acceptors (Lipinski definition) is 5. The molecule has 0 saturated heterocycles. The van der Waals surface area contributed by atoms with Crippen molar-refractivity contribution in [2.45, 2.75) is 25.6 Å². The van der Waals surface area contributed by atoms with Crippen molar-refractivity contribution in [3.05, 3.63) is 90.2 Å². The fraction of sp³-hybridized carbons (Fsp3) is 0.192. The molecule has 0 saturated carbocycles. The molecule has 0 fully saturated rings. The molecule has 174 valence electrons. The molecule has 3 aromatic carbocycles. The number of carbonyl (C=O) groups excluding carboxylic acids is 3. The third-order valence-corrected chi connectivity index (χ3v) is 5.31. The van der Waals surface area contributed by atoms with Gasteiger partial charge in [-0.2, -0.15) is 0 Å². The van der Waals surface area contributed by atoms with E-state index in [1.807, 2.05) is 0 Å². The minimum Gasteiger partial charge on any atom is -0.479 e. The minimum absolute atomic E-state index is 0.0729. The lowest BCUT2D eigenvalue weighted by atomic mass is 10.1. The lowest BCUT2D eigenvalue weighted by molar-refractivity contribution is -0.154. The maximum absolute atomic E-state index is 13.2. The van der Waals surface area contributed by atoms with Crippen molar-refractivity contribution in [1.29, 1.82) is 0 Å². The van der Waals surface area contributed by atoms with E-state index in [2.05, 4.69) is 5.32 Å². The number of ether oxygens (including phenoxy) is 2. The SMILES string of the molecule is CC1Oc2ccccc2N(CCC(=O)OC(C(=O)Nc2ccc(F)cc2)c2ccccc2)C1=O. The van der Waals surface area contributed by atoms with Gasteiger partial charge in [0, 0.05) is 17.8 Å². The summed E-state index contributed by atoms with van der Waals surface area (Å²) in [6.45, 7) is 1.72. The van der Waals surface area contributed by atoms with Crippen LogP contribution in [0.4, 0.5) is 15.8 Å². The van der Waals surface area contributed by atoms with Gasteiger partial charge in [0.25, 0.3) is 11.8 Å². The average Bonchev–Trinajstić information content (AvgIpc) is 2.84. The van der Waals surface area contributed by atoms with Crippen LogP contribution in [0.15, 0.2) is 78.9 Å². The van der Waals surface area contributed by atoms with E-state index in [1.54, 1.807) is 61.5 Å². The highest BCUT2D eigenvalue weighted by atomic mass is 19.1. The summed E-state index contributed by atoms with van der Waals surface area (Å²) in [5.74, 6) is -1.36. The maximum atomic E-state index is 13.2. The normalized spacial score (nSPS) is 15.6. The van der Waals surface area contributed by atoms with Gasteiger partial charge in [0.15, 0.2) is 6.10 Å². The summed E-state index contributed by atoms with van der Waals surface area (Å²) in [5.41, 5.74) is 1.43. The van der Waals surface area contributed by atoms with Gasteiger partial charge in [-0.1, -0.05) is 42.5 Å². The molecule has 0 bridgehead atoms. The van der Waals surface area contributed by atoms with Crippen LogP contribution >= 0.6 is 0 Å². The van der Waals surface area contributed by atoms with Gasteiger partial charge in [0.1, 0.15) is 11.6 Å². The standard InChI is InChI=1S/C26H23FN2O5/c1-17-26(32)29(21-9-5-6-10-22(21)33-17)16-15-23(30)34-24(18-7-3-2-4-8-18)25(31)28-20-13-11-19(27)12-14-20/h2-14,17,24H,15-16H2,1H3,(H,28,31). The molecule has 4 rings (SSSR count). The predicted molar refractivity (Wildman–Crippen MR) is 124 cm³/mol. The lowest BCUT2D eigenvalue weighted by Crippen LogP contribution is -2.45. The van der Waals surface area contributed by atoms with Crippen LogP contribution in [0.3, 0.4) is 0 Å². The Balaban J connectivity index is 1.46. The van der Waals surface area contributed by atoms with Gasteiger partial charge in [-0.3, -0.25) is 14.4 Å². The van der Waals surface area contributed by atoms with Crippen molar-refractivity contribution >= 4 is 29.2 Å². The Morgan fingerprint density at radius 1 is 1.03 bits per heavy atom. The molecule has 0 radical (unpaired) electrons. The Labute approximate surface area is 196 Å². The molecule has 1 aliphatic heterocycles. The largest absolute Gasteiger partial charge is 0.479 e. The zero-order valence-corrected chi connectivity index (χ0v) is 18.4. The number of benzene rings is 3. The molecule has 1 N–H and O–H groups in total. The van der Waals surface area contributed by atoms with E-state index in [4.69, 9.17) is 9.47 Å². The molecule has 2 atom stereocenters. The number of carbonyl (C=O) groups is 3. The number of nitrogens with zero attached hydrogens (tertiary/aromatic N) is 1. The first-order chi connectivity index (χ1) is 16.4. The van der Waals surface area contributed by atoms with Gasteiger partial charge in [-0.05, 0) is 43.3 Å². The molecule has 7 nitrogen and oxygen atoms in total. The summed E-state index contributed by atoms with van der Waals surface area (Å²) in [4.78, 5) is 39.8. The van der Waals surface area contributed by atoms with Crippen LogP contribution in [0.25, 0.3) is 0 Å². The Morgan fingerprint density at radius 2 is 1.71 bits per heavy atom. The maximum Gasteiger partial charge on any atom is 0.308 e. The molecule has 0 aromatic heterocycles. The van der Waals surface area contributed by atoms with Crippen molar-refractivity contribution in [1.82, 2.24) is 0 Å². The summed E-state index contributed by atoms with van der Waals surface area (Å²) >= 11 is 0. The first-order valence-electron chi connectivity index (χ1n) is 10.8. The van der Waals surface area contributed by atoms with Gasteiger partial charge >= 0.3 is 5.97 Å². The number of rotatable bonds is 7. The number of nitrogens with one attached hydrogen (secondary N) is 1. The van der Waals surface area contributed by atoms with Gasteiger partial charge in [-0.15, -0.1) is 0 Å². The predicted octanol–water partition coefficient (Wildman–Crippen LogP) is 4.25. The number of hydrogen-bond donors (Lipinski definition) is 1. The van der Waals surface area contributed by atoms with Crippen molar-refractivity contribution in [2.24, 2.45) is 0 Å². The molecule has 1 heterocycles. The molecular weight excluding hydrogens is 439 g/mol. The fourth-order valence-electron chi connectivity index (χ4n) is 3.62. The van der Waals surface area contributed by atoms with Crippen molar-refractivity contribution in [3.63, 3.8) is 0 Å². The third kappa shape index (κ3) is 5.23. The summed E-state index contributed by atoms with van der Waals surface area (Å²) in [7, 11) is 0. The monoisotopic (exact) mass is 462 g/mol. The van der Waals surface area contributed by atoms with E-state index < -0.39 is 29.9 Å². The van der Waals surface area contributed by atoms with E-state index in [-0.39, 0.29) is 18.9 Å². The van der Waals surface area contributed by atoms with Crippen molar-refractivity contribution in [3.8, 4) is 5.75 Å². The highest BCUT2D eigenvalue weighted by Gasteiger charge is 2.32. The highest BCUT2D eigenvalue weighted by Crippen LogP contribution is 2.33. The summed E-state index contributed by atoms with van der Waals surface area (Å²) in [6, 6.07) is 20.9. The van der Waals surface area contributed by atoms with Crippen LogP contribution < -0.4 is 15.0 Å². The Kier molecular flexibility index (Phi) is 6.87. The molecule has 0 spiro atoms. The van der Waals surface area contributed by atoms with E-state index >= 15 is 0 Å². The number of halogens is 1. The average molecular weight is 462 g/mol. The van der Waals surface area contributed by atoms with Crippen LogP contribution in [-0.2, 0) is 19.1 Å². The number of amides is 2. The van der Waals surface area contributed by atoms with Crippen LogP contribution in [-0.4, -0.2) is 30.4 Å². The molecular formula is C26H23FN2O5. The van der Waals surface area contributed by atoms with E-state index in [1.165, 1.54) is 29.2 Å². The molecule has 2 unspecified atom stereocenters. The van der Waals surface area contributed by atoms with Gasteiger partial charge < -0.3 is 19.7 Å². The van der Waals surface area contributed by atoms with Crippen LogP contribution in [0, 0.1) is 5.82 Å². The van der Waals surface area contributed by atoms with E-state index in [0.717, 1.165) is 0 Å². The van der Waals surface area contributed by atoms with E-state index in [0.29, 0.717) is 22.7 Å². The third-order valence-electron chi connectivity index (χ3n) is 5.31. The Bertz CT molecular complexity index is 1180. The summed E-state index contributed by atoms with van der Waals surface area (Å²) in [6.07, 6.45) is -2.02. The molecule has 1 aliphatic rings. The second kappa shape index (κ2) is 10.2. The fourth-order valence-corrected chi connectivity index (χ4v) is 3.62. The quantitative estimate of drug-likeness (QED) is 0.531. The molecule has 0 aliphatic carbocycles. The van der Waals surface area contributed by atoms with Gasteiger partial charge in [0.2, 0.25) is 6.10 Å². The Hall–Kier alpha value is -4.20. The van der Waals surface area contributed by atoms with Gasteiger partial charge in [0.05, 0.1) is 12.1 Å². The van der Waals surface area contributed by atoms with E-state index in [9.17, 15) is 18.8 Å². The lowest BCUT2D eigenvalue weighted by Gasteiger charge is -2.32. The van der Waals surface area contributed by atoms with Crippen LogP contribution in [0.1, 0.15) is 25.0 Å². The second-order valence-corrected chi connectivity index (χ2v) is 7.74. The zero-order chi connectivity index (χ0) is 24.1. The molecule has 3 aromatic rings. The van der Waals surface area contributed by atoms with Crippen molar-refractivity contribution in [2.75, 3.05) is 16.8 Å². The van der Waals surface area contributed by atoms with Gasteiger partial charge in [-0.25, -0.2) is 4.39 Å². The topological polar surface area (TPSA) is 84.9 Å². The highest BCUT2D eigenvalue weighted by molar-refractivity contribution is 6.00. The summed E-state index contributed by atoms with van der Waals surface area (Å²) < 4.78 is 24.3. The second-order valence-electron chi connectivity index (χ2n) is 7.74. The van der Waals surface area contributed by atoms with Crippen LogP contribution in [0.5, 0.6) is 5.75 Å². The van der Waals surface area contributed by atoms with Crippen LogP contribution in [0.2, 0.25) is 0 Å². The molecule has 34 heavy (non-hydrogen) atoms. The molecule has 2 amide bonds. The smallest absolute Gasteiger partial charge is 0.308 e. The van der Waals surface area contributed by atoms with Crippen molar-refractivity contribution < 1.29 is 28.2 Å². The number of para-hydroxylation sites is 2. The Morgan fingerprint density at radius 3 is 2.44 bits per heavy atom. The number of esters is 1. The first-order valence-corrected chi connectivity index (χ1v) is 10.8. The summed E-state index contributed by atoms with van der Waals surface area (Å²) in [5, 5.41) is 2.64. The number of anilines is 2. The minimum atomic E-state index is -1.22. The first kappa shape index (κ1) is 23.0.